The van der Waals surface area contributed by atoms with E-state index in [0.717, 1.165) is 29.7 Å². The lowest BCUT2D eigenvalue weighted by Crippen LogP contribution is -2.20. The predicted octanol–water partition coefficient (Wildman–Crippen LogP) is 3.94. The molecule has 2 aromatic rings. The van der Waals surface area contributed by atoms with E-state index in [0.29, 0.717) is 22.0 Å². The highest BCUT2D eigenvalue weighted by molar-refractivity contribution is 7.17. The third-order valence-corrected chi connectivity index (χ3v) is 6.02. The van der Waals surface area contributed by atoms with E-state index in [4.69, 9.17) is 9.84 Å². The summed E-state index contributed by atoms with van der Waals surface area (Å²) in [5, 5.41) is 15.1. The van der Waals surface area contributed by atoms with Crippen LogP contribution in [0.2, 0.25) is 0 Å². The molecule has 2 amide bonds. The number of carboxylic acid groups (broad SMARTS) is 1. The van der Waals surface area contributed by atoms with Gasteiger partial charge >= 0.3 is 5.97 Å². The number of thiophene rings is 1. The Morgan fingerprint density at radius 1 is 1.17 bits per heavy atom. The average Bonchev–Trinajstić information content (AvgIpc) is 3.21. The molecular formula is C21H24N2O5S. The van der Waals surface area contributed by atoms with Crippen LogP contribution in [0.15, 0.2) is 24.3 Å². The highest BCUT2D eigenvalue weighted by Crippen LogP contribution is 2.40. The minimum Gasteiger partial charge on any atom is -0.495 e. The van der Waals surface area contributed by atoms with E-state index >= 15 is 0 Å². The Kier molecular flexibility index (Phi) is 6.53. The molecule has 1 aliphatic rings. The normalized spacial score (nSPS) is 13.4. The minimum absolute atomic E-state index is 0.0739. The number of benzene rings is 1. The molecule has 1 aromatic heterocycles. The second-order valence-corrected chi connectivity index (χ2v) is 8.28. The Hall–Kier alpha value is -2.87. The molecule has 29 heavy (non-hydrogen) atoms. The summed E-state index contributed by atoms with van der Waals surface area (Å²) in [5.74, 6) is -1.24. The molecule has 0 saturated heterocycles. The number of carboxylic acids is 1. The fourth-order valence-electron chi connectivity index (χ4n) is 3.53. The number of carbonyl (C=O) groups excluding carboxylic acids is 2. The summed E-state index contributed by atoms with van der Waals surface area (Å²) in [6.45, 7) is 1.72. The zero-order valence-corrected chi connectivity index (χ0v) is 17.2. The number of amides is 2. The summed E-state index contributed by atoms with van der Waals surface area (Å²) >= 11 is 1.43. The number of methoxy groups -OCH3 is 1. The number of hydrogen-bond donors (Lipinski definition) is 3. The van der Waals surface area contributed by atoms with Crippen LogP contribution in [0, 0.1) is 5.92 Å². The molecule has 0 saturated carbocycles. The van der Waals surface area contributed by atoms with Crippen LogP contribution in [-0.2, 0) is 22.4 Å². The van der Waals surface area contributed by atoms with Crippen LogP contribution in [0.3, 0.4) is 0 Å². The lowest BCUT2D eigenvalue weighted by molar-refractivity contribution is -0.138. The van der Waals surface area contributed by atoms with Crippen molar-refractivity contribution in [3.8, 4) is 5.75 Å². The van der Waals surface area contributed by atoms with Crippen molar-refractivity contribution >= 4 is 39.8 Å². The number of ether oxygens (including phenoxy) is 1. The third kappa shape index (κ3) is 4.95. The van der Waals surface area contributed by atoms with Gasteiger partial charge in [0.25, 0.3) is 5.91 Å². The standard InChI is InChI=1S/C21H24N2O5S/c1-12(11-18(25)26)10-17(24)23-21-19(13-6-5-9-16(13)29-21)20(27)22-14-7-3-4-8-15(14)28-2/h3-4,7-8,12H,5-6,9-11H2,1-2H3,(H,22,27)(H,23,24)(H,25,26)/t12-/m1/s1. The molecule has 154 valence electrons. The molecule has 3 N–H and O–H groups in total. The van der Waals surface area contributed by atoms with Crippen LogP contribution < -0.4 is 15.4 Å². The van der Waals surface area contributed by atoms with E-state index in [1.807, 2.05) is 12.1 Å². The Bertz CT molecular complexity index is 937. The maximum absolute atomic E-state index is 13.1. The maximum atomic E-state index is 13.1. The van der Waals surface area contributed by atoms with Crippen molar-refractivity contribution < 1.29 is 24.2 Å². The number of carbonyl (C=O) groups is 3. The highest BCUT2D eigenvalue weighted by atomic mass is 32.1. The first-order chi connectivity index (χ1) is 13.9. The summed E-state index contributed by atoms with van der Waals surface area (Å²) in [5.41, 5.74) is 2.04. The van der Waals surface area contributed by atoms with Crippen LogP contribution >= 0.6 is 11.3 Å². The van der Waals surface area contributed by atoms with E-state index < -0.39 is 5.97 Å². The van der Waals surface area contributed by atoms with Gasteiger partial charge in [-0.05, 0) is 42.9 Å². The fourth-order valence-corrected chi connectivity index (χ4v) is 4.83. The van der Waals surface area contributed by atoms with Gasteiger partial charge < -0.3 is 20.5 Å². The molecular weight excluding hydrogens is 392 g/mol. The molecule has 0 aliphatic heterocycles. The smallest absolute Gasteiger partial charge is 0.303 e. The van der Waals surface area contributed by atoms with Crippen LogP contribution in [0.5, 0.6) is 5.75 Å². The molecule has 1 heterocycles. The van der Waals surface area contributed by atoms with Crippen molar-refractivity contribution in [2.45, 2.75) is 39.0 Å². The van der Waals surface area contributed by atoms with E-state index in [1.54, 1.807) is 19.1 Å². The Labute approximate surface area is 173 Å². The van der Waals surface area contributed by atoms with Gasteiger partial charge in [0, 0.05) is 17.7 Å². The minimum atomic E-state index is -0.933. The lowest BCUT2D eigenvalue weighted by Gasteiger charge is -2.13. The molecule has 0 bridgehead atoms. The number of aryl methyl sites for hydroxylation is 1. The van der Waals surface area contributed by atoms with Crippen molar-refractivity contribution in [3.05, 3.63) is 40.3 Å². The van der Waals surface area contributed by atoms with Crippen LogP contribution in [0.1, 0.15) is 47.0 Å². The number of nitrogens with one attached hydrogen (secondary N) is 2. The van der Waals surface area contributed by atoms with Crippen LogP contribution in [-0.4, -0.2) is 30.0 Å². The second-order valence-electron chi connectivity index (χ2n) is 7.17. The molecule has 3 rings (SSSR count). The van der Waals surface area contributed by atoms with Crippen molar-refractivity contribution in [1.29, 1.82) is 0 Å². The van der Waals surface area contributed by atoms with Gasteiger partial charge in [0.05, 0.1) is 18.4 Å². The van der Waals surface area contributed by atoms with E-state index in [-0.39, 0.29) is 30.6 Å². The number of rotatable bonds is 8. The predicted molar refractivity (Wildman–Crippen MR) is 112 cm³/mol. The number of aliphatic carboxylic acids is 1. The van der Waals surface area contributed by atoms with E-state index in [2.05, 4.69) is 10.6 Å². The molecule has 8 heteroatoms. The van der Waals surface area contributed by atoms with Crippen molar-refractivity contribution in [2.24, 2.45) is 5.92 Å². The van der Waals surface area contributed by atoms with Crippen LogP contribution in [0.25, 0.3) is 0 Å². The topological polar surface area (TPSA) is 105 Å². The molecule has 1 aliphatic carbocycles. The van der Waals surface area contributed by atoms with Gasteiger partial charge in [0.2, 0.25) is 5.91 Å². The molecule has 1 aromatic carbocycles. The van der Waals surface area contributed by atoms with E-state index in [9.17, 15) is 14.4 Å². The number of hydrogen-bond acceptors (Lipinski definition) is 5. The quantitative estimate of drug-likeness (QED) is 0.605. The van der Waals surface area contributed by atoms with Gasteiger partial charge in [-0.25, -0.2) is 0 Å². The van der Waals surface area contributed by atoms with Crippen LogP contribution in [0.4, 0.5) is 10.7 Å². The first-order valence-electron chi connectivity index (χ1n) is 9.49. The summed E-state index contributed by atoms with van der Waals surface area (Å²) in [4.78, 5) is 37.4. The van der Waals surface area contributed by atoms with Gasteiger partial charge in [-0.3, -0.25) is 14.4 Å². The molecule has 0 spiro atoms. The fraction of sp³-hybridized carbons (Fsp3) is 0.381. The summed E-state index contributed by atoms with van der Waals surface area (Å²) < 4.78 is 5.30. The molecule has 0 fully saturated rings. The first-order valence-corrected chi connectivity index (χ1v) is 10.3. The number of fused-ring (bicyclic) bond motifs is 1. The second kappa shape index (κ2) is 9.09. The first kappa shape index (κ1) is 20.9. The molecule has 0 radical (unpaired) electrons. The highest BCUT2D eigenvalue weighted by Gasteiger charge is 2.28. The van der Waals surface area contributed by atoms with Gasteiger partial charge in [-0.15, -0.1) is 11.3 Å². The Morgan fingerprint density at radius 2 is 1.93 bits per heavy atom. The van der Waals surface area contributed by atoms with Gasteiger partial charge in [0.15, 0.2) is 0 Å². The molecule has 7 nitrogen and oxygen atoms in total. The zero-order valence-electron chi connectivity index (χ0n) is 16.4. The van der Waals surface area contributed by atoms with Gasteiger partial charge in [0.1, 0.15) is 10.8 Å². The summed E-state index contributed by atoms with van der Waals surface area (Å²) in [6, 6.07) is 7.15. The Morgan fingerprint density at radius 3 is 2.66 bits per heavy atom. The van der Waals surface area contributed by atoms with Crippen molar-refractivity contribution in [3.63, 3.8) is 0 Å². The maximum Gasteiger partial charge on any atom is 0.303 e. The number of anilines is 2. The zero-order chi connectivity index (χ0) is 21.0. The average molecular weight is 416 g/mol. The monoisotopic (exact) mass is 416 g/mol. The summed E-state index contributed by atoms with van der Waals surface area (Å²) in [7, 11) is 1.54. The van der Waals surface area contributed by atoms with E-state index in [1.165, 1.54) is 18.4 Å². The lowest BCUT2D eigenvalue weighted by atomic mass is 10.0. The SMILES string of the molecule is COc1ccccc1NC(=O)c1c(NC(=O)C[C@@H](C)CC(=O)O)sc2c1CCC2. The summed E-state index contributed by atoms with van der Waals surface area (Å²) in [6.07, 6.45) is 2.68. The van der Waals surface area contributed by atoms with Gasteiger partial charge in [-0.1, -0.05) is 19.1 Å². The van der Waals surface area contributed by atoms with Crippen molar-refractivity contribution in [2.75, 3.05) is 17.7 Å². The van der Waals surface area contributed by atoms with Gasteiger partial charge in [-0.2, -0.15) is 0 Å². The molecule has 0 unspecified atom stereocenters. The largest absolute Gasteiger partial charge is 0.495 e. The number of para-hydroxylation sites is 2. The molecule has 1 atom stereocenters. The third-order valence-electron chi connectivity index (χ3n) is 4.81. The Balaban J connectivity index is 1.80. The van der Waals surface area contributed by atoms with Crippen molar-refractivity contribution in [1.82, 2.24) is 0 Å².